The second-order valence-corrected chi connectivity index (χ2v) is 21.2. The molecule has 0 amide bonds. The third-order valence-corrected chi connectivity index (χ3v) is 13.4. The number of hydrogen-bond donors (Lipinski definition) is 2. The summed E-state index contributed by atoms with van der Waals surface area (Å²) in [6, 6.07) is 0. The van der Waals surface area contributed by atoms with Crippen molar-refractivity contribution in [1.82, 2.24) is 0 Å². The van der Waals surface area contributed by atoms with Gasteiger partial charge in [0.2, 0.25) is 0 Å². The van der Waals surface area contributed by atoms with Crippen LogP contribution in [0.4, 0.5) is 0 Å². The van der Waals surface area contributed by atoms with Crippen molar-refractivity contribution in [3.05, 3.63) is 97.2 Å². The zero-order valence-corrected chi connectivity index (χ0v) is 49.1. The van der Waals surface area contributed by atoms with E-state index in [1.165, 1.54) is 38.5 Å². The zero-order chi connectivity index (χ0) is 55.5. The highest BCUT2D eigenvalue weighted by molar-refractivity contribution is 7.47. The molecule has 3 unspecified atom stereocenters. The number of rotatable bonds is 55. The molecule has 0 fully saturated rings. The van der Waals surface area contributed by atoms with Crippen LogP contribution >= 0.6 is 7.82 Å². The Kier molecular flexibility index (Phi) is 54.8. The van der Waals surface area contributed by atoms with E-state index in [2.05, 4.69) is 118 Å². The van der Waals surface area contributed by atoms with Crippen LogP contribution in [-0.4, -0.2) is 66.5 Å². The molecule has 0 aromatic carbocycles. The fourth-order valence-corrected chi connectivity index (χ4v) is 8.66. The predicted octanol–water partition coefficient (Wildman–Crippen LogP) is 18.0. The second kappa shape index (κ2) is 57.6. The molecule has 0 aliphatic carbocycles. The molecule has 0 radical (unpaired) electrons. The monoisotopic (exact) mass is 1080 g/mol. The lowest BCUT2D eigenvalue weighted by molar-refractivity contribution is -0.161. The minimum Gasteiger partial charge on any atom is -0.462 e. The van der Waals surface area contributed by atoms with E-state index >= 15 is 0 Å². The Balaban J connectivity index is 4.77. The Labute approximate surface area is 463 Å². The number of allylic oxidation sites excluding steroid dienone is 16. The molecule has 2 N–H and O–H groups in total. The largest absolute Gasteiger partial charge is 0.472 e. The van der Waals surface area contributed by atoms with Crippen molar-refractivity contribution in [3.8, 4) is 0 Å². The first kappa shape index (κ1) is 72.4. The van der Waals surface area contributed by atoms with E-state index in [1.807, 2.05) is 0 Å². The summed E-state index contributed by atoms with van der Waals surface area (Å²) in [6.45, 7) is 4.44. The SMILES string of the molecule is CC/C=C\C/C=C\C/C=C\C/C=C\CCCCCCCCC(=O)OCC(COP(=O)(O)OCC(CO)OC(=O)CCCCCCC/C=C\C/C=C\CCCCC)OC(=O)CCCCCCC/C=C\C/C=C\CCCCC. The quantitative estimate of drug-likeness (QED) is 0.0197. The van der Waals surface area contributed by atoms with Gasteiger partial charge in [-0.05, 0) is 122 Å². The molecule has 0 aromatic rings. The Morgan fingerprint density at radius 3 is 1.05 bits per heavy atom. The van der Waals surface area contributed by atoms with E-state index < -0.39 is 57.8 Å². The van der Waals surface area contributed by atoms with Crippen molar-refractivity contribution in [1.29, 1.82) is 0 Å². The van der Waals surface area contributed by atoms with Crippen molar-refractivity contribution in [3.63, 3.8) is 0 Å². The third-order valence-electron chi connectivity index (χ3n) is 12.5. The minimum atomic E-state index is -4.77. The molecule has 0 aliphatic rings. The highest BCUT2D eigenvalue weighted by Crippen LogP contribution is 2.43. The molecule has 0 saturated heterocycles. The number of aliphatic hydroxyl groups is 1. The molecule has 76 heavy (non-hydrogen) atoms. The van der Waals surface area contributed by atoms with Gasteiger partial charge >= 0.3 is 25.7 Å². The van der Waals surface area contributed by atoms with Crippen LogP contribution in [0.2, 0.25) is 0 Å². The van der Waals surface area contributed by atoms with Crippen LogP contribution in [0, 0.1) is 0 Å². The maximum atomic E-state index is 12.9. The average Bonchev–Trinajstić information content (AvgIpc) is 3.41. The van der Waals surface area contributed by atoms with Crippen LogP contribution in [0.25, 0.3) is 0 Å². The molecule has 0 rings (SSSR count). The fraction of sp³-hybridized carbons (Fsp3) is 0.703. The smallest absolute Gasteiger partial charge is 0.462 e. The van der Waals surface area contributed by atoms with Gasteiger partial charge in [0.15, 0.2) is 6.10 Å². The minimum absolute atomic E-state index is 0.143. The summed E-state index contributed by atoms with van der Waals surface area (Å²) in [5.74, 6) is -1.51. The van der Waals surface area contributed by atoms with Crippen LogP contribution in [0.3, 0.4) is 0 Å². The van der Waals surface area contributed by atoms with Gasteiger partial charge in [-0.2, -0.15) is 0 Å². The topological polar surface area (TPSA) is 155 Å². The number of carbonyl (C=O) groups is 3. The van der Waals surface area contributed by atoms with Crippen molar-refractivity contribution < 1.29 is 52.2 Å². The van der Waals surface area contributed by atoms with Crippen LogP contribution in [0.1, 0.15) is 252 Å². The molecule has 0 bridgehead atoms. The number of phosphoric acid groups is 1. The van der Waals surface area contributed by atoms with Crippen LogP contribution < -0.4 is 0 Å². The Morgan fingerprint density at radius 1 is 0.382 bits per heavy atom. The molecule has 0 spiro atoms. The predicted molar refractivity (Wildman–Crippen MR) is 316 cm³/mol. The van der Waals surface area contributed by atoms with E-state index in [0.717, 1.165) is 154 Å². The van der Waals surface area contributed by atoms with E-state index in [4.69, 9.17) is 23.3 Å². The Morgan fingerprint density at radius 2 is 0.684 bits per heavy atom. The molecule has 0 aromatic heterocycles. The molecule has 11 nitrogen and oxygen atoms in total. The van der Waals surface area contributed by atoms with E-state index in [9.17, 15) is 28.9 Å². The second-order valence-electron chi connectivity index (χ2n) is 19.8. The van der Waals surface area contributed by atoms with Gasteiger partial charge in [0.25, 0.3) is 0 Å². The van der Waals surface area contributed by atoms with Gasteiger partial charge in [-0.3, -0.25) is 23.4 Å². The summed E-state index contributed by atoms with van der Waals surface area (Å²) < 4.78 is 39.6. The number of carbonyl (C=O) groups excluding carboxylic acids is 3. The Bertz CT molecular complexity index is 1640. The van der Waals surface area contributed by atoms with Crippen molar-refractivity contribution in [2.75, 3.05) is 26.4 Å². The van der Waals surface area contributed by atoms with Gasteiger partial charge in [-0.1, -0.05) is 208 Å². The van der Waals surface area contributed by atoms with Crippen molar-refractivity contribution >= 4 is 25.7 Å². The highest BCUT2D eigenvalue weighted by Gasteiger charge is 2.28. The van der Waals surface area contributed by atoms with Gasteiger partial charge in [-0.25, -0.2) is 4.57 Å². The van der Waals surface area contributed by atoms with E-state index in [-0.39, 0.29) is 25.9 Å². The first-order valence-electron chi connectivity index (χ1n) is 30.1. The third kappa shape index (κ3) is 55.2. The van der Waals surface area contributed by atoms with Gasteiger partial charge < -0.3 is 24.2 Å². The maximum absolute atomic E-state index is 12.9. The molecule has 3 atom stereocenters. The summed E-state index contributed by atoms with van der Waals surface area (Å²) in [6.07, 6.45) is 67.8. The van der Waals surface area contributed by atoms with Gasteiger partial charge in [0.05, 0.1) is 19.8 Å². The lowest BCUT2D eigenvalue weighted by Gasteiger charge is -2.21. The highest BCUT2D eigenvalue weighted by atomic mass is 31.2. The molecule has 436 valence electrons. The lowest BCUT2D eigenvalue weighted by atomic mass is 10.1. The number of esters is 3. The molecule has 0 saturated carbocycles. The summed E-state index contributed by atoms with van der Waals surface area (Å²) >= 11 is 0. The van der Waals surface area contributed by atoms with Crippen molar-refractivity contribution in [2.24, 2.45) is 0 Å². The maximum Gasteiger partial charge on any atom is 0.472 e. The standard InChI is InChI=1S/C64H109O11P/c1-4-7-10-13-16-19-22-25-28-29-30-31-34-35-38-41-44-47-50-53-62(66)71-57-61(75-64(68)55-52-49-46-43-40-37-33-27-24-21-18-15-12-9-6-3)59-73-76(69,70)72-58-60(56-65)74-63(67)54-51-48-45-42-39-36-32-26-23-20-17-14-11-8-5-2/h7,10,16-21,25-28,30-33,60-61,65H,4-6,8-9,11-15,22-24,29,34-59H2,1-3H3,(H,69,70)/b10-7-,19-16-,20-17-,21-18-,28-25-,31-30-,32-26-,33-27-. The summed E-state index contributed by atoms with van der Waals surface area (Å²) in [5, 5.41) is 9.83. The Hall–Kier alpha value is -3.60. The van der Waals surface area contributed by atoms with Gasteiger partial charge in [0, 0.05) is 19.3 Å². The van der Waals surface area contributed by atoms with Gasteiger partial charge in [-0.15, -0.1) is 0 Å². The number of aliphatic hydroxyl groups excluding tert-OH is 1. The molecular weight excluding hydrogens is 976 g/mol. The normalized spacial score (nSPS) is 14.0. The number of phosphoric ester groups is 1. The molecule has 12 heteroatoms. The number of unbranched alkanes of at least 4 members (excludes halogenated alkanes) is 22. The molecule has 0 heterocycles. The number of ether oxygens (including phenoxy) is 3. The summed E-state index contributed by atoms with van der Waals surface area (Å²) in [4.78, 5) is 48.6. The summed E-state index contributed by atoms with van der Waals surface area (Å²) in [5.41, 5.74) is 0. The molecule has 0 aliphatic heterocycles. The van der Waals surface area contributed by atoms with E-state index in [1.54, 1.807) is 0 Å². The first-order chi connectivity index (χ1) is 37.2. The summed E-state index contributed by atoms with van der Waals surface area (Å²) in [7, 11) is -4.77. The van der Waals surface area contributed by atoms with Crippen LogP contribution in [0.15, 0.2) is 97.2 Å². The lowest BCUT2D eigenvalue weighted by Crippen LogP contribution is -2.30. The number of hydrogen-bond acceptors (Lipinski definition) is 10. The molecular formula is C64H109O11P. The fourth-order valence-electron chi connectivity index (χ4n) is 7.88. The van der Waals surface area contributed by atoms with Crippen molar-refractivity contribution in [2.45, 2.75) is 264 Å². The van der Waals surface area contributed by atoms with Crippen LogP contribution in [0.5, 0.6) is 0 Å². The van der Waals surface area contributed by atoms with Crippen LogP contribution in [-0.2, 0) is 42.2 Å². The zero-order valence-electron chi connectivity index (χ0n) is 48.2. The average molecular weight is 1090 g/mol. The van der Waals surface area contributed by atoms with E-state index in [0.29, 0.717) is 19.3 Å². The van der Waals surface area contributed by atoms with Gasteiger partial charge in [0.1, 0.15) is 12.7 Å². The first-order valence-corrected chi connectivity index (χ1v) is 31.6.